The molecule has 0 spiro atoms. The van der Waals surface area contributed by atoms with Crippen molar-refractivity contribution in [3.8, 4) is 23.5 Å². The van der Waals surface area contributed by atoms with Crippen LogP contribution in [0.5, 0.6) is 17.5 Å². The van der Waals surface area contributed by atoms with E-state index >= 15 is 4.39 Å². The Kier molecular flexibility index (Phi) is 11.7. The molecule has 50 heavy (non-hydrogen) atoms. The molecule has 0 aliphatic heterocycles. The Morgan fingerprint density at radius 1 is 1.04 bits per heavy atom. The molecule has 0 aliphatic carbocycles. The summed E-state index contributed by atoms with van der Waals surface area (Å²) in [6, 6.07) is 18.4. The number of anilines is 1. The molecule has 0 aliphatic rings. The number of ether oxygens (including phenoxy) is 4. The third-order valence-electron chi connectivity index (χ3n) is 6.75. The number of aliphatic hydroxyl groups is 1. The number of benzene rings is 3. The van der Waals surface area contributed by atoms with Crippen LogP contribution in [-0.2, 0) is 4.74 Å². The van der Waals surface area contributed by atoms with Gasteiger partial charge in [0.25, 0.3) is 0 Å². The van der Waals surface area contributed by atoms with Gasteiger partial charge in [0.15, 0.2) is 0 Å². The molecule has 256 valence electrons. The van der Waals surface area contributed by atoms with Crippen molar-refractivity contribution in [2.45, 2.75) is 19.3 Å². The molecule has 1 unspecified atom stereocenters. The van der Waals surface area contributed by atoms with E-state index in [1.54, 1.807) is 60.7 Å². The van der Waals surface area contributed by atoms with Gasteiger partial charge in [0.2, 0.25) is 0 Å². The molecule has 5 aromatic rings. The Balaban J connectivity index is 1.57. The molecule has 15 nitrogen and oxygen atoms in total. The molecule has 0 fully saturated rings. The molecule has 1 amide bonds. The number of carbonyl (C=O) groups is 2. The Bertz CT molecular complexity index is 1960. The number of hydrogen-bond acceptors (Lipinski definition) is 12. The number of aliphatic imine (C=N–C) groups is 1. The molecule has 0 bridgehead atoms. The molecule has 3 aromatic carbocycles. The Labute approximate surface area is 293 Å². The summed E-state index contributed by atoms with van der Waals surface area (Å²) in [6.07, 6.45) is -0.00671. The van der Waals surface area contributed by atoms with E-state index in [0.29, 0.717) is 21.3 Å². The van der Waals surface area contributed by atoms with E-state index in [1.165, 1.54) is 38.6 Å². The quantitative estimate of drug-likeness (QED) is 0.0641. The fourth-order valence-electron chi connectivity index (χ4n) is 4.51. The van der Waals surface area contributed by atoms with Gasteiger partial charge in [0.1, 0.15) is 0 Å². The van der Waals surface area contributed by atoms with E-state index in [1.807, 2.05) is 0 Å². The summed E-state index contributed by atoms with van der Waals surface area (Å²) in [6.45, 7) is 0.783. The zero-order valence-corrected chi connectivity index (χ0v) is 28.4. The molecular weight excluding hydrogens is 716 g/mol. The van der Waals surface area contributed by atoms with Gasteiger partial charge in [-0.05, 0) is 6.07 Å². The van der Waals surface area contributed by atoms with Crippen LogP contribution in [0.3, 0.4) is 0 Å². The molecule has 3 N–H and O–H groups in total. The number of carboxylic acid groups (broad SMARTS) is 1. The van der Waals surface area contributed by atoms with E-state index in [-0.39, 0.29) is 48.1 Å². The summed E-state index contributed by atoms with van der Waals surface area (Å²) >= 11 is 2.27. The minimum absolute atomic E-state index is 0.0166. The Hall–Kier alpha value is -5.86. The molecule has 2 radical (unpaired) electrons. The van der Waals surface area contributed by atoms with Gasteiger partial charge in [-0.3, -0.25) is 0 Å². The van der Waals surface area contributed by atoms with Crippen LogP contribution in [0.2, 0.25) is 0 Å². The third-order valence-corrected chi connectivity index (χ3v) is 7.50. The van der Waals surface area contributed by atoms with E-state index in [4.69, 9.17) is 19.3 Å². The number of nitrogens with zero attached hydrogens (tertiary/aromatic N) is 6. The van der Waals surface area contributed by atoms with Gasteiger partial charge in [-0.1, -0.05) is 0 Å². The average Bonchev–Trinajstić information content (AvgIpc) is 3.54. The van der Waals surface area contributed by atoms with Gasteiger partial charge in [0.05, 0.1) is 6.61 Å². The summed E-state index contributed by atoms with van der Waals surface area (Å²) in [5, 5.41) is 26.2. The zero-order valence-electron chi connectivity index (χ0n) is 26.5. The SMILES string of the molecule is COc1cc(OCCO)c(F)c([C@@H](Nc2ccc(C([As])=NC(=O)c3ccccc3)cc2)c2nc(OC(C)OC(=O)O)n(-c3ncccn3)n2)c1. The topological polar surface area (TPSA) is 192 Å². The van der Waals surface area contributed by atoms with Crippen molar-refractivity contribution in [3.05, 3.63) is 114 Å². The fourth-order valence-corrected chi connectivity index (χ4v) is 5.01. The summed E-state index contributed by atoms with van der Waals surface area (Å²) < 4.78 is 39.0. The van der Waals surface area contributed by atoms with Gasteiger partial charge in [0, 0.05) is 19.3 Å². The standard InChI is InChI=1S/C33H29AsFN7O8/c1-19(50-33(45)46)49-32-40-29(41-42(32)31-36-13-6-14-37-31)27(24-17-23(47-2)18-25(26(24)35)48-16-15-43)38-22-11-9-20(10-12-22)28(34)39-30(44)21-7-4-3-5-8-21/h3-14,17-19,27,38,43H,15-16H2,1-2H3,(H,45,46)/t19?,27-/m1/s1. The van der Waals surface area contributed by atoms with Gasteiger partial charge in [-0.25, -0.2) is 4.79 Å². The number of aromatic nitrogens is 5. The number of halogens is 1. The van der Waals surface area contributed by atoms with Crippen molar-refractivity contribution in [1.82, 2.24) is 24.7 Å². The number of nitrogens with one attached hydrogen (secondary N) is 1. The van der Waals surface area contributed by atoms with Gasteiger partial charge in [-0.2, -0.15) is 0 Å². The van der Waals surface area contributed by atoms with Crippen molar-refractivity contribution in [2.24, 2.45) is 4.99 Å². The maximum atomic E-state index is 16.2. The van der Waals surface area contributed by atoms with Crippen LogP contribution >= 0.6 is 0 Å². The number of amides is 1. The monoisotopic (exact) mass is 745 g/mol. The predicted molar refractivity (Wildman–Crippen MR) is 177 cm³/mol. The van der Waals surface area contributed by atoms with Crippen LogP contribution in [0.25, 0.3) is 5.95 Å². The first-order valence-corrected chi connectivity index (χ1v) is 15.8. The molecule has 0 saturated carbocycles. The van der Waals surface area contributed by atoms with Crippen molar-refractivity contribution >= 4 is 39.1 Å². The van der Waals surface area contributed by atoms with Gasteiger partial charge < -0.3 is 14.9 Å². The number of carbonyl (C=O) groups excluding carboxylic acids is 1. The second-order valence-electron chi connectivity index (χ2n) is 10.1. The number of methoxy groups -OCH3 is 1. The molecule has 2 aromatic heterocycles. The summed E-state index contributed by atoms with van der Waals surface area (Å²) in [7, 11) is 1.40. The van der Waals surface area contributed by atoms with E-state index in [0.717, 1.165) is 4.68 Å². The van der Waals surface area contributed by atoms with Crippen LogP contribution in [-0.4, -0.2) is 95.0 Å². The second-order valence-corrected chi connectivity index (χ2v) is 11.0. The Morgan fingerprint density at radius 3 is 2.42 bits per heavy atom. The van der Waals surface area contributed by atoms with E-state index in [2.05, 4.69) is 51.9 Å². The van der Waals surface area contributed by atoms with Gasteiger partial charge in [-0.15, -0.1) is 0 Å². The third kappa shape index (κ3) is 8.78. The van der Waals surface area contributed by atoms with E-state index < -0.39 is 30.2 Å². The first-order chi connectivity index (χ1) is 24.2. The van der Waals surface area contributed by atoms with Crippen molar-refractivity contribution < 1.29 is 43.1 Å². The predicted octanol–water partition coefficient (Wildman–Crippen LogP) is 3.95. The van der Waals surface area contributed by atoms with Crippen LogP contribution in [0.15, 0.2) is 90.2 Å². The van der Waals surface area contributed by atoms with Crippen LogP contribution in [0, 0.1) is 5.82 Å². The minimum atomic E-state index is -1.58. The second kappa shape index (κ2) is 16.5. The first-order valence-electron chi connectivity index (χ1n) is 14.8. The Morgan fingerprint density at radius 2 is 1.76 bits per heavy atom. The van der Waals surface area contributed by atoms with Gasteiger partial charge >= 0.3 is 242 Å². The van der Waals surface area contributed by atoms with Crippen molar-refractivity contribution in [2.75, 3.05) is 25.6 Å². The number of aliphatic hydroxyl groups excluding tert-OH is 1. The van der Waals surface area contributed by atoms with Crippen LogP contribution in [0.1, 0.15) is 40.3 Å². The molecule has 2 heterocycles. The van der Waals surface area contributed by atoms with Crippen molar-refractivity contribution in [3.63, 3.8) is 0 Å². The summed E-state index contributed by atoms with van der Waals surface area (Å²) in [5.41, 5.74) is 1.54. The molecular formula is C33H29AsFN7O8. The summed E-state index contributed by atoms with van der Waals surface area (Å²) in [4.78, 5) is 40.8. The maximum absolute atomic E-state index is 16.2. The molecule has 2 atom stereocenters. The first kappa shape index (κ1) is 35.4. The fraction of sp³-hybridized carbons (Fsp3) is 0.182. The van der Waals surface area contributed by atoms with Crippen molar-refractivity contribution in [1.29, 1.82) is 0 Å². The van der Waals surface area contributed by atoms with E-state index in [9.17, 15) is 14.7 Å². The van der Waals surface area contributed by atoms with Crippen LogP contribution < -0.4 is 19.5 Å². The number of rotatable bonds is 14. The normalized spacial score (nSPS) is 12.5. The summed E-state index contributed by atoms with van der Waals surface area (Å²) in [5.74, 6) is -1.21. The molecule has 17 heteroatoms. The molecule has 5 rings (SSSR count). The average molecular weight is 746 g/mol. The van der Waals surface area contributed by atoms with Crippen LogP contribution in [0.4, 0.5) is 14.9 Å². The zero-order chi connectivity index (χ0) is 35.6. The molecule has 0 saturated heterocycles. The number of hydrogen-bond donors (Lipinski definition) is 3.